The minimum absolute atomic E-state index is 0.0251. The molecule has 1 aliphatic carbocycles. The molecule has 0 spiro atoms. The molecule has 1 aromatic rings. The van der Waals surface area contributed by atoms with Gasteiger partial charge < -0.3 is 10.2 Å². The summed E-state index contributed by atoms with van der Waals surface area (Å²) in [6.45, 7) is 2.17. The van der Waals surface area contributed by atoms with Crippen molar-refractivity contribution < 1.29 is 14.4 Å². The van der Waals surface area contributed by atoms with Crippen molar-refractivity contribution in [2.24, 2.45) is 0 Å². The first-order valence-corrected chi connectivity index (χ1v) is 10.1. The lowest BCUT2D eigenvalue weighted by molar-refractivity contribution is -0.129. The van der Waals surface area contributed by atoms with Crippen molar-refractivity contribution in [2.45, 2.75) is 70.4 Å². The molecule has 6 heteroatoms. The normalized spacial score (nSPS) is 22.0. The van der Waals surface area contributed by atoms with Gasteiger partial charge in [0.05, 0.1) is 17.3 Å². The molecule has 0 bridgehead atoms. The van der Waals surface area contributed by atoms with Gasteiger partial charge in [0.15, 0.2) is 5.78 Å². The fourth-order valence-electron chi connectivity index (χ4n) is 3.87. The Labute approximate surface area is 152 Å². The third kappa shape index (κ3) is 4.69. The van der Waals surface area contributed by atoms with Gasteiger partial charge in [0, 0.05) is 19.0 Å². The summed E-state index contributed by atoms with van der Waals surface area (Å²) in [5, 5.41) is 4.85. The van der Waals surface area contributed by atoms with Gasteiger partial charge in [0.2, 0.25) is 11.8 Å². The Morgan fingerprint density at radius 2 is 1.96 bits per heavy atom. The predicted molar refractivity (Wildman–Crippen MR) is 97.8 cm³/mol. The van der Waals surface area contributed by atoms with Crippen molar-refractivity contribution >= 4 is 28.9 Å². The molecule has 25 heavy (non-hydrogen) atoms. The highest BCUT2D eigenvalue weighted by molar-refractivity contribution is 7.12. The van der Waals surface area contributed by atoms with Gasteiger partial charge in [0.1, 0.15) is 0 Å². The molecule has 1 aliphatic heterocycles. The topological polar surface area (TPSA) is 66.5 Å². The van der Waals surface area contributed by atoms with Crippen LogP contribution in [-0.4, -0.2) is 41.1 Å². The van der Waals surface area contributed by atoms with E-state index >= 15 is 0 Å². The van der Waals surface area contributed by atoms with Crippen LogP contribution in [0, 0.1) is 0 Å². The number of likely N-dealkylation sites (tertiary alicyclic amines) is 1. The molecule has 1 N–H and O–H groups in total. The number of hydrogen-bond acceptors (Lipinski definition) is 4. The van der Waals surface area contributed by atoms with Crippen LogP contribution in [0.1, 0.15) is 67.1 Å². The smallest absolute Gasteiger partial charge is 0.225 e. The Balaban J connectivity index is 1.51. The van der Waals surface area contributed by atoms with E-state index in [-0.39, 0.29) is 30.1 Å². The molecule has 2 aliphatic rings. The molecule has 2 fully saturated rings. The first-order valence-electron chi connectivity index (χ1n) is 9.20. The molecule has 0 unspecified atom stereocenters. The zero-order valence-electron chi connectivity index (χ0n) is 14.8. The largest absolute Gasteiger partial charge is 0.351 e. The van der Waals surface area contributed by atoms with Gasteiger partial charge in [-0.1, -0.05) is 25.7 Å². The second kappa shape index (κ2) is 8.13. The van der Waals surface area contributed by atoms with Crippen LogP contribution in [0.15, 0.2) is 11.4 Å². The van der Waals surface area contributed by atoms with E-state index in [1.165, 1.54) is 43.9 Å². The SMILES string of the molecule is CC(=O)c1cc(CC(=O)N[C@H]2CC(=O)N(C3CCCCCC3)C2)cs1. The number of carbonyl (C=O) groups is 3. The van der Waals surface area contributed by atoms with Crippen LogP contribution in [0.3, 0.4) is 0 Å². The van der Waals surface area contributed by atoms with E-state index in [2.05, 4.69) is 5.32 Å². The fraction of sp³-hybridized carbons (Fsp3) is 0.632. The molecule has 0 aromatic carbocycles. The standard InChI is InChI=1S/C19H26N2O3S/c1-13(22)17-8-14(12-25-17)9-18(23)20-15-10-19(24)21(11-15)16-6-4-2-3-5-7-16/h8,12,15-16H,2-7,9-11H2,1H3,(H,20,23)/t15-/m0/s1. The average Bonchev–Trinajstić information content (AvgIpc) is 3.05. The summed E-state index contributed by atoms with van der Waals surface area (Å²) in [5.74, 6) is 0.122. The van der Waals surface area contributed by atoms with Gasteiger partial charge in [-0.05, 0) is 36.8 Å². The molecule has 1 saturated carbocycles. The number of hydrogen-bond donors (Lipinski definition) is 1. The van der Waals surface area contributed by atoms with E-state index in [4.69, 9.17) is 0 Å². The molecule has 3 rings (SSSR count). The third-order valence-electron chi connectivity index (χ3n) is 5.15. The lowest BCUT2D eigenvalue weighted by Gasteiger charge is -2.27. The fourth-order valence-corrected chi connectivity index (χ4v) is 4.68. The van der Waals surface area contributed by atoms with E-state index in [9.17, 15) is 14.4 Å². The first-order chi connectivity index (χ1) is 12.0. The lowest BCUT2D eigenvalue weighted by atomic mass is 10.1. The first kappa shape index (κ1) is 18.1. The Morgan fingerprint density at radius 1 is 1.24 bits per heavy atom. The second-order valence-electron chi connectivity index (χ2n) is 7.21. The van der Waals surface area contributed by atoms with Crippen molar-refractivity contribution in [3.8, 4) is 0 Å². The molecule has 5 nitrogen and oxygen atoms in total. The molecule has 1 saturated heterocycles. The predicted octanol–water partition coefficient (Wildman–Crippen LogP) is 2.93. The Bertz CT molecular complexity index is 647. The van der Waals surface area contributed by atoms with Crippen molar-refractivity contribution in [2.75, 3.05) is 6.54 Å². The van der Waals surface area contributed by atoms with Crippen LogP contribution in [0.2, 0.25) is 0 Å². The van der Waals surface area contributed by atoms with Crippen LogP contribution in [0.25, 0.3) is 0 Å². The quantitative estimate of drug-likeness (QED) is 0.647. The Kier molecular flexibility index (Phi) is 5.89. The summed E-state index contributed by atoms with van der Waals surface area (Å²) < 4.78 is 0. The van der Waals surface area contributed by atoms with Gasteiger partial charge in [-0.25, -0.2) is 0 Å². The molecule has 2 amide bonds. The third-order valence-corrected chi connectivity index (χ3v) is 6.23. The highest BCUT2D eigenvalue weighted by Gasteiger charge is 2.35. The van der Waals surface area contributed by atoms with Gasteiger partial charge in [-0.3, -0.25) is 14.4 Å². The number of carbonyl (C=O) groups excluding carboxylic acids is 3. The molecular weight excluding hydrogens is 336 g/mol. The number of amides is 2. The van der Waals surface area contributed by atoms with Crippen molar-refractivity contribution in [3.63, 3.8) is 0 Å². The number of nitrogens with zero attached hydrogens (tertiary/aromatic N) is 1. The van der Waals surface area contributed by atoms with Gasteiger partial charge >= 0.3 is 0 Å². The van der Waals surface area contributed by atoms with Crippen LogP contribution in [0.5, 0.6) is 0 Å². The minimum atomic E-state index is -0.0887. The maximum Gasteiger partial charge on any atom is 0.225 e. The van der Waals surface area contributed by atoms with Gasteiger partial charge in [-0.15, -0.1) is 11.3 Å². The van der Waals surface area contributed by atoms with Crippen molar-refractivity contribution in [3.05, 3.63) is 21.9 Å². The van der Waals surface area contributed by atoms with E-state index in [1.54, 1.807) is 6.07 Å². The highest BCUT2D eigenvalue weighted by Crippen LogP contribution is 2.26. The highest BCUT2D eigenvalue weighted by atomic mass is 32.1. The molecule has 136 valence electrons. The summed E-state index contributed by atoms with van der Waals surface area (Å²) in [4.78, 5) is 38.6. The van der Waals surface area contributed by atoms with E-state index in [1.807, 2.05) is 10.3 Å². The monoisotopic (exact) mass is 362 g/mol. The van der Waals surface area contributed by atoms with Gasteiger partial charge in [0.25, 0.3) is 0 Å². The van der Waals surface area contributed by atoms with Crippen LogP contribution in [0.4, 0.5) is 0 Å². The Morgan fingerprint density at radius 3 is 2.60 bits per heavy atom. The van der Waals surface area contributed by atoms with Gasteiger partial charge in [-0.2, -0.15) is 0 Å². The second-order valence-corrected chi connectivity index (χ2v) is 8.12. The zero-order valence-corrected chi connectivity index (χ0v) is 15.6. The zero-order chi connectivity index (χ0) is 17.8. The molecule has 2 heterocycles. The number of rotatable bonds is 5. The summed E-state index contributed by atoms with van der Waals surface area (Å²) in [6.07, 6.45) is 7.78. The number of thiophene rings is 1. The number of ketones is 1. The summed E-state index contributed by atoms with van der Waals surface area (Å²) in [5.41, 5.74) is 0.859. The molecule has 1 aromatic heterocycles. The maximum absolute atomic E-state index is 12.4. The molecule has 0 radical (unpaired) electrons. The number of nitrogens with one attached hydrogen (secondary N) is 1. The number of Topliss-reactive ketones (excluding diaryl/α,β-unsaturated/α-hetero) is 1. The Hall–Kier alpha value is -1.69. The summed E-state index contributed by atoms with van der Waals surface area (Å²) >= 11 is 1.37. The van der Waals surface area contributed by atoms with E-state index < -0.39 is 0 Å². The van der Waals surface area contributed by atoms with Crippen molar-refractivity contribution in [1.29, 1.82) is 0 Å². The molecular formula is C19H26N2O3S. The maximum atomic E-state index is 12.4. The van der Waals surface area contributed by atoms with E-state index in [0.29, 0.717) is 23.9 Å². The van der Waals surface area contributed by atoms with Crippen LogP contribution in [-0.2, 0) is 16.0 Å². The van der Waals surface area contributed by atoms with E-state index in [0.717, 1.165) is 18.4 Å². The summed E-state index contributed by atoms with van der Waals surface area (Å²) in [6, 6.07) is 2.05. The minimum Gasteiger partial charge on any atom is -0.351 e. The molecule has 1 atom stereocenters. The lowest BCUT2D eigenvalue weighted by Crippen LogP contribution is -2.41. The van der Waals surface area contributed by atoms with Crippen LogP contribution < -0.4 is 5.32 Å². The van der Waals surface area contributed by atoms with Crippen LogP contribution >= 0.6 is 11.3 Å². The van der Waals surface area contributed by atoms with Crippen molar-refractivity contribution in [1.82, 2.24) is 10.2 Å². The average molecular weight is 362 g/mol. The summed E-state index contributed by atoms with van der Waals surface area (Å²) in [7, 11) is 0.